The van der Waals surface area contributed by atoms with E-state index in [4.69, 9.17) is 0 Å². The van der Waals surface area contributed by atoms with Gasteiger partial charge in [-0.1, -0.05) is 12.1 Å². The van der Waals surface area contributed by atoms with Gasteiger partial charge in [-0.3, -0.25) is 4.79 Å². The van der Waals surface area contributed by atoms with Crippen molar-refractivity contribution in [3.63, 3.8) is 0 Å². The van der Waals surface area contributed by atoms with E-state index in [2.05, 4.69) is 14.9 Å². The number of anilines is 1. The molecule has 1 saturated carbocycles. The van der Waals surface area contributed by atoms with Crippen LogP contribution >= 0.6 is 11.3 Å². The highest BCUT2D eigenvalue weighted by Gasteiger charge is 2.46. The van der Waals surface area contributed by atoms with Crippen LogP contribution in [0.25, 0.3) is 10.2 Å². The van der Waals surface area contributed by atoms with Crippen LogP contribution in [0, 0.1) is 5.92 Å². The van der Waals surface area contributed by atoms with Crippen LogP contribution in [0.1, 0.15) is 23.5 Å². The maximum Gasteiger partial charge on any atom is 0.416 e. The predicted molar refractivity (Wildman–Crippen MR) is 109 cm³/mol. The Hall–Kier alpha value is -2.68. The topological polar surface area (TPSA) is 49.3 Å². The SMILES string of the molecule is O=C(C1CC1c1ccc(C(F)(F)F)cc1)N1CCN(c2ncnc3sccc23)CC1. The molecule has 1 aliphatic carbocycles. The molecule has 2 unspecified atom stereocenters. The lowest BCUT2D eigenvalue weighted by Crippen LogP contribution is -2.49. The molecule has 1 aromatic carbocycles. The number of hydrogen-bond acceptors (Lipinski definition) is 5. The predicted octanol–water partition coefficient (Wildman–Crippen LogP) is 4.16. The number of halogens is 3. The van der Waals surface area contributed by atoms with E-state index in [0.717, 1.165) is 33.7 Å². The molecule has 2 fully saturated rings. The summed E-state index contributed by atoms with van der Waals surface area (Å²) in [5.41, 5.74) is 0.149. The number of fused-ring (bicyclic) bond motifs is 1. The Morgan fingerprint density at radius 2 is 1.77 bits per heavy atom. The van der Waals surface area contributed by atoms with E-state index in [0.29, 0.717) is 32.6 Å². The molecule has 5 rings (SSSR count). The third-order valence-electron chi connectivity index (χ3n) is 5.91. The fourth-order valence-electron chi connectivity index (χ4n) is 4.16. The minimum Gasteiger partial charge on any atom is -0.352 e. The number of alkyl halides is 3. The van der Waals surface area contributed by atoms with E-state index in [9.17, 15) is 18.0 Å². The lowest BCUT2D eigenvalue weighted by atomic mass is 10.1. The van der Waals surface area contributed by atoms with Crippen molar-refractivity contribution in [2.45, 2.75) is 18.5 Å². The molecule has 1 saturated heterocycles. The average molecular weight is 432 g/mol. The third kappa shape index (κ3) is 3.51. The quantitative estimate of drug-likeness (QED) is 0.624. The van der Waals surface area contributed by atoms with E-state index in [-0.39, 0.29) is 17.7 Å². The second kappa shape index (κ2) is 7.23. The van der Waals surface area contributed by atoms with Gasteiger partial charge in [0.2, 0.25) is 5.91 Å². The van der Waals surface area contributed by atoms with Crippen molar-refractivity contribution in [2.75, 3.05) is 31.1 Å². The molecular formula is C21H19F3N4OS. The Balaban J connectivity index is 1.20. The van der Waals surface area contributed by atoms with E-state index in [1.54, 1.807) is 17.7 Å². The summed E-state index contributed by atoms with van der Waals surface area (Å²) in [5.74, 6) is 0.895. The molecule has 3 heterocycles. The lowest BCUT2D eigenvalue weighted by Gasteiger charge is -2.35. The number of benzene rings is 1. The molecule has 2 atom stereocenters. The molecule has 3 aromatic rings. The molecule has 30 heavy (non-hydrogen) atoms. The van der Waals surface area contributed by atoms with Crippen LogP contribution in [0.2, 0.25) is 0 Å². The first-order chi connectivity index (χ1) is 14.4. The summed E-state index contributed by atoms with van der Waals surface area (Å²) in [6.45, 7) is 2.63. The number of amides is 1. The molecular weight excluding hydrogens is 413 g/mol. The number of rotatable bonds is 3. The maximum absolute atomic E-state index is 12.9. The maximum atomic E-state index is 12.9. The van der Waals surface area contributed by atoms with Crippen molar-refractivity contribution in [3.05, 3.63) is 53.2 Å². The second-order valence-corrected chi connectivity index (χ2v) is 8.61. The van der Waals surface area contributed by atoms with Gasteiger partial charge in [0.25, 0.3) is 0 Å². The van der Waals surface area contributed by atoms with Crippen LogP contribution < -0.4 is 4.90 Å². The van der Waals surface area contributed by atoms with Gasteiger partial charge < -0.3 is 9.80 Å². The number of carbonyl (C=O) groups is 1. The van der Waals surface area contributed by atoms with Gasteiger partial charge in [0.15, 0.2) is 0 Å². The normalized spacial score (nSPS) is 21.8. The van der Waals surface area contributed by atoms with Crippen LogP contribution in [-0.2, 0) is 11.0 Å². The zero-order valence-electron chi connectivity index (χ0n) is 16.0. The summed E-state index contributed by atoms with van der Waals surface area (Å²) < 4.78 is 38.2. The summed E-state index contributed by atoms with van der Waals surface area (Å²) >= 11 is 1.58. The van der Waals surface area contributed by atoms with Gasteiger partial charge in [0.1, 0.15) is 17.0 Å². The minimum atomic E-state index is -4.34. The summed E-state index contributed by atoms with van der Waals surface area (Å²) in [5, 5.41) is 3.03. The first-order valence-electron chi connectivity index (χ1n) is 9.81. The van der Waals surface area contributed by atoms with Crippen LogP contribution in [0.5, 0.6) is 0 Å². The molecule has 0 N–H and O–H groups in total. The van der Waals surface area contributed by atoms with Gasteiger partial charge in [-0.15, -0.1) is 11.3 Å². The molecule has 1 amide bonds. The second-order valence-electron chi connectivity index (χ2n) is 7.72. The highest BCUT2D eigenvalue weighted by atomic mass is 32.1. The van der Waals surface area contributed by atoms with Crippen LogP contribution in [0.3, 0.4) is 0 Å². The lowest BCUT2D eigenvalue weighted by molar-refractivity contribution is -0.137. The Bertz CT molecular complexity index is 1070. The van der Waals surface area contributed by atoms with E-state index in [1.807, 2.05) is 16.3 Å². The van der Waals surface area contributed by atoms with Crippen molar-refractivity contribution < 1.29 is 18.0 Å². The third-order valence-corrected chi connectivity index (χ3v) is 6.73. The van der Waals surface area contributed by atoms with E-state index < -0.39 is 11.7 Å². The van der Waals surface area contributed by atoms with E-state index >= 15 is 0 Å². The smallest absolute Gasteiger partial charge is 0.352 e. The van der Waals surface area contributed by atoms with Gasteiger partial charge in [0.05, 0.1) is 10.9 Å². The molecule has 0 spiro atoms. The number of nitrogens with zero attached hydrogens (tertiary/aromatic N) is 4. The Morgan fingerprint density at radius 1 is 1.03 bits per heavy atom. The fraction of sp³-hybridized carbons (Fsp3) is 0.381. The standard InChI is InChI=1S/C21H19F3N4OS/c22-21(23,24)14-3-1-13(2-4-14)16-11-17(16)20(29)28-8-6-27(7-9-28)18-15-5-10-30-19(15)26-12-25-18/h1-5,10,12,16-17H,6-9,11H2. The van der Waals surface area contributed by atoms with Gasteiger partial charge in [-0.05, 0) is 41.5 Å². The molecule has 5 nitrogen and oxygen atoms in total. The zero-order chi connectivity index (χ0) is 20.9. The van der Waals surface area contributed by atoms with Gasteiger partial charge >= 0.3 is 6.18 Å². The van der Waals surface area contributed by atoms with E-state index in [1.165, 1.54) is 12.1 Å². The summed E-state index contributed by atoms with van der Waals surface area (Å²) in [6.07, 6.45) is -2.06. The van der Waals surface area contributed by atoms with Gasteiger partial charge in [0, 0.05) is 32.1 Å². The highest BCUT2D eigenvalue weighted by Crippen LogP contribution is 2.49. The molecule has 9 heteroatoms. The molecule has 2 aromatic heterocycles. The number of piperazine rings is 1. The van der Waals surface area contributed by atoms with Crippen molar-refractivity contribution in [1.82, 2.24) is 14.9 Å². The molecule has 156 valence electrons. The number of hydrogen-bond donors (Lipinski definition) is 0. The largest absolute Gasteiger partial charge is 0.416 e. The molecule has 1 aliphatic heterocycles. The Morgan fingerprint density at radius 3 is 2.47 bits per heavy atom. The summed E-state index contributed by atoms with van der Waals surface area (Å²) in [7, 11) is 0. The number of aromatic nitrogens is 2. The van der Waals surface area contributed by atoms with Crippen LogP contribution in [0.15, 0.2) is 42.0 Å². The average Bonchev–Trinajstić information content (AvgIpc) is 3.40. The van der Waals surface area contributed by atoms with Crippen LogP contribution in [0.4, 0.5) is 19.0 Å². The first kappa shape index (κ1) is 19.3. The molecule has 0 radical (unpaired) electrons. The molecule has 0 bridgehead atoms. The van der Waals surface area contributed by atoms with Gasteiger partial charge in [-0.2, -0.15) is 13.2 Å². The monoisotopic (exact) mass is 432 g/mol. The van der Waals surface area contributed by atoms with Crippen molar-refractivity contribution >= 4 is 33.3 Å². The first-order valence-corrected chi connectivity index (χ1v) is 10.7. The summed E-state index contributed by atoms with van der Waals surface area (Å²) in [6, 6.07) is 7.22. The van der Waals surface area contributed by atoms with Crippen molar-refractivity contribution in [1.29, 1.82) is 0 Å². The Kier molecular flexibility index (Phi) is 4.65. The highest BCUT2D eigenvalue weighted by molar-refractivity contribution is 7.16. The zero-order valence-corrected chi connectivity index (χ0v) is 16.8. The number of thiophene rings is 1. The fourth-order valence-corrected chi connectivity index (χ4v) is 4.89. The van der Waals surface area contributed by atoms with Crippen LogP contribution in [-0.4, -0.2) is 47.0 Å². The Labute approximate surface area is 175 Å². The number of carbonyl (C=O) groups excluding carboxylic acids is 1. The van der Waals surface area contributed by atoms with Crippen molar-refractivity contribution in [3.8, 4) is 0 Å². The molecule has 2 aliphatic rings. The van der Waals surface area contributed by atoms with Crippen molar-refractivity contribution in [2.24, 2.45) is 5.92 Å². The minimum absolute atomic E-state index is 0.0186. The summed E-state index contributed by atoms with van der Waals surface area (Å²) in [4.78, 5) is 26.6. The van der Waals surface area contributed by atoms with Gasteiger partial charge in [-0.25, -0.2) is 9.97 Å².